The summed E-state index contributed by atoms with van der Waals surface area (Å²) >= 11 is 0. The van der Waals surface area contributed by atoms with Crippen molar-refractivity contribution in [2.75, 3.05) is 36.0 Å². The molecule has 0 radical (unpaired) electrons. The predicted molar refractivity (Wildman–Crippen MR) is 79.3 cm³/mol. The van der Waals surface area contributed by atoms with Crippen molar-refractivity contribution < 1.29 is 4.42 Å². The van der Waals surface area contributed by atoms with E-state index in [1.807, 2.05) is 6.07 Å². The molecule has 2 aromatic rings. The van der Waals surface area contributed by atoms with Gasteiger partial charge in [0.2, 0.25) is 5.65 Å². The van der Waals surface area contributed by atoms with Crippen molar-refractivity contribution in [2.45, 2.75) is 32.1 Å². The molecule has 20 heavy (non-hydrogen) atoms. The van der Waals surface area contributed by atoms with Crippen LogP contribution in [0.15, 0.2) is 16.5 Å². The second-order valence-corrected chi connectivity index (χ2v) is 5.73. The minimum Gasteiger partial charge on any atom is -0.422 e. The van der Waals surface area contributed by atoms with Crippen LogP contribution >= 0.6 is 0 Å². The van der Waals surface area contributed by atoms with Gasteiger partial charge in [0.1, 0.15) is 5.82 Å². The van der Waals surface area contributed by atoms with Crippen LogP contribution in [0.5, 0.6) is 0 Å². The molecule has 2 aliphatic rings. The first-order valence-electron chi connectivity index (χ1n) is 7.68. The van der Waals surface area contributed by atoms with Crippen molar-refractivity contribution in [2.24, 2.45) is 0 Å². The summed E-state index contributed by atoms with van der Waals surface area (Å²) in [7, 11) is 0. The van der Waals surface area contributed by atoms with E-state index in [0.717, 1.165) is 49.2 Å². The monoisotopic (exact) mass is 272 g/mol. The Balaban J connectivity index is 1.64. The fourth-order valence-electron chi connectivity index (χ4n) is 3.14. The number of piperidine rings is 1. The molecule has 0 N–H and O–H groups in total. The van der Waals surface area contributed by atoms with Gasteiger partial charge >= 0.3 is 0 Å². The number of anilines is 2. The van der Waals surface area contributed by atoms with E-state index < -0.39 is 0 Å². The summed E-state index contributed by atoms with van der Waals surface area (Å²) in [6, 6.07) is 4.81. The third kappa shape index (κ3) is 2.11. The van der Waals surface area contributed by atoms with Gasteiger partial charge in [0.05, 0.1) is 0 Å². The van der Waals surface area contributed by atoms with E-state index in [1.54, 1.807) is 0 Å². The molecule has 0 saturated carbocycles. The second-order valence-electron chi connectivity index (χ2n) is 5.73. The highest BCUT2D eigenvalue weighted by molar-refractivity contribution is 5.72. The molecule has 4 heterocycles. The molecule has 0 amide bonds. The lowest BCUT2D eigenvalue weighted by Crippen LogP contribution is -2.30. The minimum atomic E-state index is 0.737. The Morgan fingerprint density at radius 3 is 2.30 bits per heavy atom. The van der Waals surface area contributed by atoms with Crippen LogP contribution in [0.25, 0.3) is 11.2 Å². The second kappa shape index (κ2) is 4.96. The van der Waals surface area contributed by atoms with Crippen LogP contribution in [0.1, 0.15) is 32.1 Å². The van der Waals surface area contributed by atoms with Crippen LogP contribution in [0.2, 0.25) is 0 Å². The first-order chi connectivity index (χ1) is 9.90. The van der Waals surface area contributed by atoms with Crippen LogP contribution in [-0.2, 0) is 0 Å². The van der Waals surface area contributed by atoms with Gasteiger partial charge in [-0.1, -0.05) is 0 Å². The van der Waals surface area contributed by atoms with E-state index in [-0.39, 0.29) is 0 Å². The van der Waals surface area contributed by atoms with Gasteiger partial charge < -0.3 is 14.2 Å². The summed E-state index contributed by atoms with van der Waals surface area (Å²) in [5.74, 6) is 1.04. The zero-order valence-electron chi connectivity index (χ0n) is 11.7. The van der Waals surface area contributed by atoms with Gasteiger partial charge in [-0.25, -0.2) is 4.98 Å². The maximum absolute atomic E-state index is 5.83. The highest BCUT2D eigenvalue weighted by Gasteiger charge is 2.19. The van der Waals surface area contributed by atoms with Gasteiger partial charge in [-0.2, -0.15) is 4.98 Å². The molecule has 5 heteroatoms. The number of hydrogen-bond acceptors (Lipinski definition) is 5. The summed E-state index contributed by atoms with van der Waals surface area (Å²) in [5.41, 5.74) is 1.54. The Hall–Kier alpha value is -1.78. The van der Waals surface area contributed by atoms with Gasteiger partial charge in [-0.15, -0.1) is 0 Å². The normalized spacial score (nSPS) is 20.0. The average molecular weight is 272 g/mol. The lowest BCUT2D eigenvalue weighted by Gasteiger charge is -2.27. The Morgan fingerprint density at radius 2 is 1.50 bits per heavy atom. The van der Waals surface area contributed by atoms with Crippen LogP contribution in [0.4, 0.5) is 11.8 Å². The third-order valence-electron chi connectivity index (χ3n) is 4.28. The number of aromatic nitrogens is 2. The van der Waals surface area contributed by atoms with E-state index >= 15 is 0 Å². The zero-order chi connectivity index (χ0) is 13.4. The highest BCUT2D eigenvalue weighted by atomic mass is 16.4. The van der Waals surface area contributed by atoms with Crippen molar-refractivity contribution in [3.63, 3.8) is 0 Å². The SMILES string of the molecule is c1cc2oc(N3CCCC3)nc2nc1N1CCCCC1. The molecule has 0 aliphatic carbocycles. The molecule has 2 fully saturated rings. The van der Waals surface area contributed by atoms with Crippen molar-refractivity contribution in [3.05, 3.63) is 12.1 Å². The summed E-state index contributed by atoms with van der Waals surface area (Å²) in [4.78, 5) is 13.8. The summed E-state index contributed by atoms with van der Waals surface area (Å²) < 4.78 is 5.83. The van der Waals surface area contributed by atoms with Gasteiger partial charge in [-0.05, 0) is 44.2 Å². The summed E-state index contributed by atoms with van der Waals surface area (Å²) in [6.45, 7) is 4.31. The topological polar surface area (TPSA) is 45.4 Å². The molecule has 0 atom stereocenters. The highest BCUT2D eigenvalue weighted by Crippen LogP contribution is 2.26. The van der Waals surface area contributed by atoms with Crippen molar-refractivity contribution in [1.82, 2.24) is 9.97 Å². The minimum absolute atomic E-state index is 0.737. The Kier molecular flexibility index (Phi) is 2.98. The number of fused-ring (bicyclic) bond motifs is 1. The first-order valence-corrected chi connectivity index (χ1v) is 7.68. The Labute approximate surface area is 118 Å². The van der Waals surface area contributed by atoms with Crippen LogP contribution in [0, 0.1) is 0 Å². The molecular formula is C15H20N4O. The molecule has 2 saturated heterocycles. The number of nitrogens with zero attached hydrogens (tertiary/aromatic N) is 4. The van der Waals surface area contributed by atoms with E-state index in [0.29, 0.717) is 0 Å². The standard InChI is InChI=1S/C15H20N4O/c1-2-8-18(9-3-1)13-7-6-12-14(16-13)17-15(20-12)19-10-4-5-11-19/h6-7H,1-5,8-11H2. The summed E-state index contributed by atoms with van der Waals surface area (Å²) in [5, 5.41) is 0. The van der Waals surface area contributed by atoms with Gasteiger partial charge in [0.25, 0.3) is 6.01 Å². The molecule has 5 nitrogen and oxygen atoms in total. The number of rotatable bonds is 2. The molecule has 2 aromatic heterocycles. The fourth-order valence-corrected chi connectivity index (χ4v) is 3.14. The van der Waals surface area contributed by atoms with E-state index in [2.05, 4.69) is 25.8 Å². The Bertz CT molecular complexity index is 597. The first kappa shape index (κ1) is 12.0. The molecule has 2 aliphatic heterocycles. The van der Waals surface area contributed by atoms with Crippen LogP contribution in [-0.4, -0.2) is 36.1 Å². The predicted octanol–water partition coefficient (Wildman–Crippen LogP) is 2.81. The van der Waals surface area contributed by atoms with Crippen LogP contribution < -0.4 is 9.80 Å². The fraction of sp³-hybridized carbons (Fsp3) is 0.600. The van der Waals surface area contributed by atoms with E-state index in [9.17, 15) is 0 Å². The Morgan fingerprint density at radius 1 is 0.800 bits per heavy atom. The lowest BCUT2D eigenvalue weighted by atomic mass is 10.1. The third-order valence-corrected chi connectivity index (χ3v) is 4.28. The zero-order valence-corrected chi connectivity index (χ0v) is 11.7. The lowest BCUT2D eigenvalue weighted by molar-refractivity contribution is 0.573. The van der Waals surface area contributed by atoms with Gasteiger partial charge in [0.15, 0.2) is 5.58 Å². The molecule has 106 valence electrons. The van der Waals surface area contributed by atoms with Gasteiger partial charge in [-0.3, -0.25) is 0 Å². The summed E-state index contributed by atoms with van der Waals surface area (Å²) in [6.07, 6.45) is 6.31. The molecule has 0 spiro atoms. The molecule has 0 bridgehead atoms. The maximum Gasteiger partial charge on any atom is 0.299 e. The van der Waals surface area contributed by atoms with Crippen molar-refractivity contribution in [1.29, 1.82) is 0 Å². The quantitative estimate of drug-likeness (QED) is 0.841. The van der Waals surface area contributed by atoms with E-state index in [1.165, 1.54) is 32.1 Å². The molecule has 0 aromatic carbocycles. The number of oxazole rings is 1. The average Bonchev–Trinajstić information content (AvgIpc) is 3.16. The van der Waals surface area contributed by atoms with Crippen molar-refractivity contribution >= 4 is 23.1 Å². The van der Waals surface area contributed by atoms with Gasteiger partial charge in [0, 0.05) is 26.2 Å². The maximum atomic E-state index is 5.83. The smallest absolute Gasteiger partial charge is 0.299 e. The molecular weight excluding hydrogens is 252 g/mol. The largest absolute Gasteiger partial charge is 0.422 e. The molecule has 0 unspecified atom stereocenters. The van der Waals surface area contributed by atoms with Crippen LogP contribution in [0.3, 0.4) is 0 Å². The number of pyridine rings is 1. The number of hydrogen-bond donors (Lipinski definition) is 0. The van der Waals surface area contributed by atoms with E-state index in [4.69, 9.17) is 4.42 Å². The molecule has 4 rings (SSSR count). The van der Waals surface area contributed by atoms with Crippen molar-refractivity contribution in [3.8, 4) is 0 Å².